The van der Waals surface area contributed by atoms with Crippen LogP contribution >= 0.6 is 11.6 Å². The molecule has 1 aromatic carbocycles. The summed E-state index contributed by atoms with van der Waals surface area (Å²) >= 11 is 6.09. The number of nitrogens with one attached hydrogen (secondary N) is 1. The number of rotatable bonds is 5. The number of nitrogens with zero attached hydrogens (tertiary/aromatic N) is 1. The average molecular weight is 330 g/mol. The first-order valence-electron chi connectivity index (χ1n) is 7.85. The van der Waals surface area contributed by atoms with Gasteiger partial charge in [0.1, 0.15) is 5.82 Å². The summed E-state index contributed by atoms with van der Waals surface area (Å²) in [6.07, 6.45) is 5.25. The van der Waals surface area contributed by atoms with Gasteiger partial charge in [-0.3, -0.25) is 4.79 Å². The Morgan fingerprint density at radius 2 is 2.13 bits per heavy atom. The summed E-state index contributed by atoms with van der Waals surface area (Å²) in [5.74, 6) is 0.594. The van der Waals surface area contributed by atoms with E-state index in [-0.39, 0.29) is 5.91 Å². The number of carbonyl (C=O) groups excluding carboxylic acids is 1. The molecule has 1 aromatic heterocycles. The first-order chi connectivity index (χ1) is 11.1. The van der Waals surface area contributed by atoms with E-state index < -0.39 is 5.41 Å². The minimum Gasteiger partial charge on any atom is -0.384 e. The van der Waals surface area contributed by atoms with E-state index in [2.05, 4.69) is 10.3 Å². The second-order valence-electron chi connectivity index (χ2n) is 6.04. The van der Waals surface area contributed by atoms with Crippen LogP contribution in [0.3, 0.4) is 0 Å². The molecule has 1 aliphatic carbocycles. The molecule has 120 valence electrons. The van der Waals surface area contributed by atoms with Crippen molar-refractivity contribution in [3.05, 3.63) is 58.7 Å². The molecule has 0 unspecified atom stereocenters. The maximum atomic E-state index is 12.7. The van der Waals surface area contributed by atoms with E-state index in [1.54, 1.807) is 6.20 Å². The smallest absolute Gasteiger partial charge is 0.230 e. The molecule has 0 saturated heterocycles. The molecule has 1 saturated carbocycles. The Hall–Kier alpha value is -2.07. The van der Waals surface area contributed by atoms with E-state index in [0.717, 1.165) is 36.8 Å². The van der Waals surface area contributed by atoms with E-state index in [4.69, 9.17) is 17.3 Å². The molecule has 23 heavy (non-hydrogen) atoms. The highest BCUT2D eigenvalue weighted by Gasteiger charge is 2.45. The van der Waals surface area contributed by atoms with E-state index in [9.17, 15) is 4.79 Å². The van der Waals surface area contributed by atoms with Crippen LogP contribution in [0.1, 0.15) is 30.4 Å². The molecule has 2 aromatic rings. The molecular formula is C18H20ClN3O. The van der Waals surface area contributed by atoms with Gasteiger partial charge < -0.3 is 11.1 Å². The topological polar surface area (TPSA) is 68.0 Å². The van der Waals surface area contributed by atoms with Crippen LogP contribution in [-0.4, -0.2) is 17.4 Å². The number of nitrogens with two attached hydrogens (primary N) is 1. The lowest BCUT2D eigenvalue weighted by atomic mass is 9.64. The van der Waals surface area contributed by atoms with E-state index in [1.165, 1.54) is 0 Å². The van der Waals surface area contributed by atoms with Crippen LogP contribution in [0.25, 0.3) is 0 Å². The molecular weight excluding hydrogens is 310 g/mol. The fourth-order valence-electron chi connectivity index (χ4n) is 3.10. The van der Waals surface area contributed by atoms with Crippen molar-refractivity contribution in [2.24, 2.45) is 0 Å². The Labute approximate surface area is 141 Å². The Bertz CT molecular complexity index is 713. The van der Waals surface area contributed by atoms with Gasteiger partial charge in [-0.2, -0.15) is 0 Å². The molecule has 3 N–H and O–H groups in total. The highest BCUT2D eigenvalue weighted by Crippen LogP contribution is 2.44. The van der Waals surface area contributed by atoms with Crippen LogP contribution in [0, 0.1) is 0 Å². The number of anilines is 1. The third-order valence-corrected chi connectivity index (χ3v) is 4.80. The van der Waals surface area contributed by atoms with Gasteiger partial charge in [-0.05, 0) is 54.7 Å². The van der Waals surface area contributed by atoms with Crippen molar-refractivity contribution in [2.75, 3.05) is 12.3 Å². The zero-order chi connectivity index (χ0) is 16.3. The normalized spacial score (nSPS) is 15.7. The van der Waals surface area contributed by atoms with Gasteiger partial charge in [-0.15, -0.1) is 0 Å². The Morgan fingerprint density at radius 1 is 1.30 bits per heavy atom. The molecule has 0 spiro atoms. The van der Waals surface area contributed by atoms with Crippen LogP contribution < -0.4 is 11.1 Å². The summed E-state index contributed by atoms with van der Waals surface area (Å²) in [6.45, 7) is 0.588. The summed E-state index contributed by atoms with van der Waals surface area (Å²) in [6, 6.07) is 11.4. The molecule has 1 aliphatic rings. The van der Waals surface area contributed by atoms with E-state index in [1.807, 2.05) is 36.4 Å². The van der Waals surface area contributed by atoms with Gasteiger partial charge in [0.15, 0.2) is 0 Å². The van der Waals surface area contributed by atoms with Crippen LogP contribution in [0.4, 0.5) is 5.82 Å². The highest BCUT2D eigenvalue weighted by atomic mass is 35.5. The standard InChI is InChI=1S/C18H20ClN3O/c19-15-4-1-3-14(12-15)18(7-2-8-18)17(23)22-10-6-13-5-9-21-16(20)11-13/h1,3-5,9,11-12H,2,6-8,10H2,(H2,20,21)(H,22,23). The Kier molecular flexibility index (Phi) is 4.53. The zero-order valence-electron chi connectivity index (χ0n) is 12.9. The lowest BCUT2D eigenvalue weighted by Gasteiger charge is -2.40. The number of carbonyl (C=O) groups is 1. The van der Waals surface area contributed by atoms with Crippen molar-refractivity contribution in [1.82, 2.24) is 10.3 Å². The van der Waals surface area contributed by atoms with Gasteiger partial charge in [-0.1, -0.05) is 30.2 Å². The second-order valence-corrected chi connectivity index (χ2v) is 6.48. The lowest BCUT2D eigenvalue weighted by molar-refractivity contribution is -0.129. The summed E-state index contributed by atoms with van der Waals surface area (Å²) in [5.41, 5.74) is 7.34. The van der Waals surface area contributed by atoms with Crippen molar-refractivity contribution in [2.45, 2.75) is 31.1 Å². The number of hydrogen-bond donors (Lipinski definition) is 2. The Balaban J connectivity index is 1.64. The lowest BCUT2D eigenvalue weighted by Crippen LogP contribution is -2.49. The first-order valence-corrected chi connectivity index (χ1v) is 8.23. The fraction of sp³-hybridized carbons (Fsp3) is 0.333. The molecule has 0 aliphatic heterocycles. The molecule has 3 rings (SSSR count). The van der Waals surface area contributed by atoms with Gasteiger partial charge in [0, 0.05) is 17.8 Å². The zero-order valence-corrected chi connectivity index (χ0v) is 13.6. The SMILES string of the molecule is Nc1cc(CCNC(=O)C2(c3cccc(Cl)c3)CCC2)ccn1. The van der Waals surface area contributed by atoms with Crippen LogP contribution in [0.15, 0.2) is 42.6 Å². The van der Waals surface area contributed by atoms with Crippen LogP contribution in [0.5, 0.6) is 0 Å². The predicted octanol–water partition coefficient (Wildman–Crippen LogP) is 3.10. The second kappa shape index (κ2) is 6.59. The quantitative estimate of drug-likeness (QED) is 0.885. The fourth-order valence-corrected chi connectivity index (χ4v) is 3.29. The van der Waals surface area contributed by atoms with Gasteiger partial charge in [-0.25, -0.2) is 4.98 Å². The summed E-state index contributed by atoms with van der Waals surface area (Å²) in [5, 5.41) is 3.74. The minimum atomic E-state index is -0.415. The van der Waals surface area contributed by atoms with Crippen molar-refractivity contribution in [1.29, 1.82) is 0 Å². The molecule has 0 bridgehead atoms. The van der Waals surface area contributed by atoms with Gasteiger partial charge >= 0.3 is 0 Å². The molecule has 0 radical (unpaired) electrons. The number of aromatic nitrogens is 1. The first kappa shape index (κ1) is 15.8. The number of halogens is 1. The summed E-state index contributed by atoms with van der Waals surface area (Å²) in [4.78, 5) is 16.7. The third-order valence-electron chi connectivity index (χ3n) is 4.56. The van der Waals surface area contributed by atoms with Crippen LogP contribution in [0.2, 0.25) is 5.02 Å². The number of nitrogen functional groups attached to an aromatic ring is 1. The molecule has 1 heterocycles. The molecule has 5 heteroatoms. The van der Waals surface area contributed by atoms with E-state index in [0.29, 0.717) is 17.4 Å². The number of amides is 1. The molecule has 0 atom stereocenters. The molecule has 4 nitrogen and oxygen atoms in total. The highest BCUT2D eigenvalue weighted by molar-refractivity contribution is 6.30. The molecule has 1 amide bonds. The van der Waals surface area contributed by atoms with Crippen molar-refractivity contribution < 1.29 is 4.79 Å². The van der Waals surface area contributed by atoms with E-state index >= 15 is 0 Å². The maximum Gasteiger partial charge on any atom is 0.230 e. The van der Waals surface area contributed by atoms with Gasteiger partial charge in [0.2, 0.25) is 5.91 Å². The third kappa shape index (κ3) is 3.32. The van der Waals surface area contributed by atoms with Crippen molar-refractivity contribution in [3.8, 4) is 0 Å². The van der Waals surface area contributed by atoms with Crippen molar-refractivity contribution >= 4 is 23.3 Å². The van der Waals surface area contributed by atoms with Gasteiger partial charge in [0.25, 0.3) is 0 Å². The molecule has 1 fully saturated rings. The predicted molar refractivity (Wildman–Crippen MR) is 92.3 cm³/mol. The Morgan fingerprint density at radius 3 is 2.78 bits per heavy atom. The maximum absolute atomic E-state index is 12.7. The van der Waals surface area contributed by atoms with Crippen molar-refractivity contribution in [3.63, 3.8) is 0 Å². The number of hydrogen-bond acceptors (Lipinski definition) is 3. The monoisotopic (exact) mass is 329 g/mol. The largest absolute Gasteiger partial charge is 0.384 e. The minimum absolute atomic E-state index is 0.0908. The van der Waals surface area contributed by atoms with Crippen LogP contribution in [-0.2, 0) is 16.6 Å². The number of benzene rings is 1. The average Bonchev–Trinajstić information content (AvgIpc) is 2.46. The van der Waals surface area contributed by atoms with Gasteiger partial charge in [0.05, 0.1) is 5.41 Å². The number of pyridine rings is 1. The summed E-state index contributed by atoms with van der Waals surface area (Å²) < 4.78 is 0. The summed E-state index contributed by atoms with van der Waals surface area (Å²) in [7, 11) is 0.